The molecule has 0 amide bonds. The summed E-state index contributed by atoms with van der Waals surface area (Å²) in [5.41, 5.74) is 0.249. The van der Waals surface area contributed by atoms with Gasteiger partial charge >= 0.3 is 5.97 Å². The van der Waals surface area contributed by atoms with E-state index in [1.54, 1.807) is 24.3 Å². The normalized spacial score (nSPS) is 11.0. The van der Waals surface area contributed by atoms with Crippen molar-refractivity contribution in [3.05, 3.63) is 71.8 Å². The van der Waals surface area contributed by atoms with Crippen LogP contribution in [0.25, 0.3) is 0 Å². The van der Waals surface area contributed by atoms with Crippen molar-refractivity contribution in [2.75, 3.05) is 19.8 Å². The van der Waals surface area contributed by atoms with Crippen molar-refractivity contribution in [2.45, 2.75) is 4.90 Å². The first-order valence-corrected chi connectivity index (χ1v) is 9.54. The number of hydrogen-bond donors (Lipinski definition) is 1. The first-order chi connectivity index (χ1) is 12.4. The fraction of sp³-hybridized carbons (Fsp3) is 0.167. The molecule has 1 N–H and O–H groups in total. The first kappa shape index (κ1) is 20.0. The highest BCUT2D eigenvalue weighted by molar-refractivity contribution is 7.89. The monoisotopic (exact) mass is 395 g/mol. The van der Waals surface area contributed by atoms with E-state index in [2.05, 4.69) is 11.3 Å². The van der Waals surface area contributed by atoms with Crippen LogP contribution in [0, 0.1) is 0 Å². The average Bonchev–Trinajstić information content (AvgIpc) is 2.65. The summed E-state index contributed by atoms with van der Waals surface area (Å²) in [6, 6.07) is 12.3. The van der Waals surface area contributed by atoms with Gasteiger partial charge in [0.05, 0.1) is 10.5 Å². The van der Waals surface area contributed by atoms with Gasteiger partial charge in [-0.1, -0.05) is 17.7 Å². The minimum Gasteiger partial charge on any atom is -0.490 e. The van der Waals surface area contributed by atoms with Crippen LogP contribution in [0.4, 0.5) is 0 Å². The van der Waals surface area contributed by atoms with E-state index >= 15 is 0 Å². The molecule has 26 heavy (non-hydrogen) atoms. The number of sulfonamides is 1. The molecule has 0 spiro atoms. The van der Waals surface area contributed by atoms with Crippen LogP contribution in [0.15, 0.2) is 66.1 Å². The highest BCUT2D eigenvalue weighted by atomic mass is 35.5. The van der Waals surface area contributed by atoms with Crippen LogP contribution in [0.5, 0.6) is 5.75 Å². The third kappa shape index (κ3) is 5.87. The molecule has 0 heterocycles. The fourth-order valence-corrected chi connectivity index (χ4v) is 3.05. The molecule has 0 aliphatic rings. The van der Waals surface area contributed by atoms with E-state index in [1.807, 2.05) is 0 Å². The van der Waals surface area contributed by atoms with E-state index < -0.39 is 16.0 Å². The summed E-state index contributed by atoms with van der Waals surface area (Å²) in [7, 11) is -3.62. The lowest BCUT2D eigenvalue weighted by Gasteiger charge is -2.08. The smallest absolute Gasteiger partial charge is 0.338 e. The first-order valence-electron chi connectivity index (χ1n) is 7.68. The third-order valence-electron chi connectivity index (χ3n) is 3.22. The molecule has 2 rings (SSSR count). The van der Waals surface area contributed by atoms with Gasteiger partial charge in [0.1, 0.15) is 19.0 Å². The van der Waals surface area contributed by atoms with Crippen molar-refractivity contribution in [1.29, 1.82) is 0 Å². The summed E-state index contributed by atoms with van der Waals surface area (Å²) in [6.07, 6.45) is 1.44. The summed E-state index contributed by atoms with van der Waals surface area (Å²) in [5, 5.41) is 0.605. The zero-order chi connectivity index (χ0) is 19.0. The van der Waals surface area contributed by atoms with Crippen molar-refractivity contribution in [3.8, 4) is 5.75 Å². The summed E-state index contributed by atoms with van der Waals surface area (Å²) in [6.45, 7) is 3.82. The second kappa shape index (κ2) is 9.38. The van der Waals surface area contributed by atoms with Crippen molar-refractivity contribution >= 4 is 27.6 Å². The second-order valence-corrected chi connectivity index (χ2v) is 7.31. The second-order valence-electron chi connectivity index (χ2n) is 5.10. The van der Waals surface area contributed by atoms with Crippen molar-refractivity contribution in [1.82, 2.24) is 4.72 Å². The molecule has 2 aromatic carbocycles. The Kier molecular flexibility index (Phi) is 7.20. The van der Waals surface area contributed by atoms with Crippen LogP contribution >= 0.6 is 11.6 Å². The maximum atomic E-state index is 12.0. The molecular weight excluding hydrogens is 378 g/mol. The molecule has 0 aromatic heterocycles. The van der Waals surface area contributed by atoms with Gasteiger partial charge in [-0.25, -0.2) is 17.9 Å². The van der Waals surface area contributed by atoms with Gasteiger partial charge in [0.25, 0.3) is 0 Å². The topological polar surface area (TPSA) is 81.7 Å². The maximum absolute atomic E-state index is 12.0. The molecule has 6 nitrogen and oxygen atoms in total. The minimum atomic E-state index is -3.62. The van der Waals surface area contributed by atoms with Gasteiger partial charge in [-0.3, -0.25) is 0 Å². The van der Waals surface area contributed by atoms with E-state index in [1.165, 1.54) is 30.3 Å². The van der Waals surface area contributed by atoms with Crippen molar-refractivity contribution in [2.24, 2.45) is 0 Å². The predicted octanol–water partition coefficient (Wildman–Crippen LogP) is 3.04. The fourth-order valence-electron chi connectivity index (χ4n) is 1.93. The average molecular weight is 396 g/mol. The molecule has 0 saturated heterocycles. The molecule has 138 valence electrons. The molecule has 0 aliphatic carbocycles. The number of esters is 1. The maximum Gasteiger partial charge on any atom is 0.338 e. The highest BCUT2D eigenvalue weighted by Crippen LogP contribution is 2.15. The van der Waals surface area contributed by atoms with Gasteiger partial charge < -0.3 is 9.47 Å². The van der Waals surface area contributed by atoms with Crippen LogP contribution in [-0.4, -0.2) is 34.1 Å². The Bertz CT molecular complexity index is 848. The Morgan fingerprint density at radius 3 is 2.35 bits per heavy atom. The molecule has 2 aromatic rings. The molecule has 0 saturated carbocycles. The molecule has 0 bridgehead atoms. The van der Waals surface area contributed by atoms with Crippen molar-refractivity contribution < 1.29 is 22.7 Å². The van der Waals surface area contributed by atoms with Crippen LogP contribution in [-0.2, 0) is 14.8 Å². The van der Waals surface area contributed by atoms with E-state index in [4.69, 9.17) is 21.1 Å². The molecule has 0 fully saturated rings. The summed E-state index contributed by atoms with van der Waals surface area (Å²) >= 11 is 5.78. The lowest BCUT2D eigenvalue weighted by atomic mass is 10.2. The van der Waals surface area contributed by atoms with Crippen LogP contribution in [0.3, 0.4) is 0 Å². The van der Waals surface area contributed by atoms with Gasteiger partial charge in [-0.2, -0.15) is 0 Å². The Balaban J connectivity index is 1.84. The quantitative estimate of drug-likeness (QED) is 0.401. The number of hydrogen-bond acceptors (Lipinski definition) is 5. The SMILES string of the molecule is C=CCNS(=O)(=O)c1ccc(C(=O)OCCOc2ccc(Cl)cc2)cc1. The standard InChI is InChI=1S/C18H18ClNO5S/c1-2-11-20-26(22,23)17-9-3-14(4-10-17)18(21)25-13-12-24-16-7-5-15(19)6-8-16/h2-10,20H,1,11-13H2. The Morgan fingerprint density at radius 1 is 1.08 bits per heavy atom. The molecule has 0 atom stereocenters. The number of nitrogens with one attached hydrogen (secondary N) is 1. The van der Waals surface area contributed by atoms with E-state index in [0.717, 1.165) is 0 Å². The molecular formula is C18H18ClNO5S. The summed E-state index contributed by atoms with van der Waals surface area (Å²) in [4.78, 5) is 12.0. The van der Waals surface area contributed by atoms with E-state index in [0.29, 0.717) is 10.8 Å². The number of benzene rings is 2. The lowest BCUT2D eigenvalue weighted by Crippen LogP contribution is -2.23. The minimum absolute atomic E-state index is 0.0574. The molecule has 8 heteroatoms. The zero-order valence-corrected chi connectivity index (χ0v) is 15.4. The van der Waals surface area contributed by atoms with Gasteiger partial charge in [0.2, 0.25) is 10.0 Å². The number of carbonyl (C=O) groups excluding carboxylic acids is 1. The predicted molar refractivity (Wildman–Crippen MR) is 99.1 cm³/mol. The number of halogens is 1. The Hall–Kier alpha value is -2.35. The van der Waals surface area contributed by atoms with Crippen LogP contribution < -0.4 is 9.46 Å². The molecule has 0 unspecified atom stereocenters. The van der Waals surface area contributed by atoms with Gasteiger partial charge in [-0.15, -0.1) is 6.58 Å². The lowest BCUT2D eigenvalue weighted by molar-refractivity contribution is 0.0450. The van der Waals surface area contributed by atoms with Crippen molar-refractivity contribution in [3.63, 3.8) is 0 Å². The van der Waals surface area contributed by atoms with E-state index in [-0.39, 0.29) is 30.2 Å². The van der Waals surface area contributed by atoms with Crippen LogP contribution in [0.1, 0.15) is 10.4 Å². The molecule has 0 radical (unpaired) electrons. The molecule has 0 aliphatic heterocycles. The van der Waals surface area contributed by atoms with E-state index in [9.17, 15) is 13.2 Å². The number of carbonyl (C=O) groups is 1. The summed E-state index contributed by atoms with van der Waals surface area (Å²) < 4.78 is 36.7. The third-order valence-corrected chi connectivity index (χ3v) is 4.91. The van der Waals surface area contributed by atoms with Crippen LogP contribution in [0.2, 0.25) is 5.02 Å². The van der Waals surface area contributed by atoms with Gasteiger partial charge in [0, 0.05) is 11.6 Å². The number of ether oxygens (including phenoxy) is 2. The number of rotatable bonds is 9. The Labute approximate surface area is 157 Å². The van der Waals surface area contributed by atoms with Gasteiger partial charge in [-0.05, 0) is 48.5 Å². The highest BCUT2D eigenvalue weighted by Gasteiger charge is 2.14. The zero-order valence-electron chi connectivity index (χ0n) is 13.9. The van der Waals surface area contributed by atoms with Gasteiger partial charge in [0.15, 0.2) is 0 Å². The Morgan fingerprint density at radius 2 is 1.73 bits per heavy atom. The largest absolute Gasteiger partial charge is 0.490 e. The summed E-state index contributed by atoms with van der Waals surface area (Å²) in [5.74, 6) is 0.0553.